The molecule has 0 radical (unpaired) electrons. The molecular formula is C9H17NO2. The average molecular weight is 171 g/mol. The molecule has 0 bridgehead atoms. The number of nitrogens with zero attached hydrogens (tertiary/aromatic N) is 1. The first-order chi connectivity index (χ1) is 5.54. The normalized spacial score (nSPS) is 12.3. The second-order valence-corrected chi connectivity index (χ2v) is 2.84. The fourth-order valence-corrected chi connectivity index (χ4v) is 1.39. The van der Waals surface area contributed by atoms with Crippen molar-refractivity contribution in [3.8, 4) is 0 Å². The number of rotatable bonds is 4. The SMILES string of the molecule is CCC(C(C)=O)N(CC)C(C)=O. The Bertz CT molecular complexity index is 157. The second-order valence-electron chi connectivity index (χ2n) is 2.84. The Labute approximate surface area is 73.7 Å². The Morgan fingerprint density at radius 2 is 1.75 bits per heavy atom. The molecule has 0 aliphatic rings. The first-order valence-corrected chi connectivity index (χ1v) is 4.32. The number of hydrogen-bond acceptors (Lipinski definition) is 2. The average Bonchev–Trinajstić information content (AvgIpc) is 1.98. The van der Waals surface area contributed by atoms with Crippen LogP contribution in [0.25, 0.3) is 0 Å². The number of hydrogen-bond donors (Lipinski definition) is 0. The Hall–Kier alpha value is -0.860. The number of carbonyl (C=O) groups excluding carboxylic acids is 2. The first-order valence-electron chi connectivity index (χ1n) is 4.32. The van der Waals surface area contributed by atoms with Crippen molar-refractivity contribution in [2.75, 3.05) is 6.54 Å². The monoisotopic (exact) mass is 171 g/mol. The van der Waals surface area contributed by atoms with Crippen molar-refractivity contribution in [3.63, 3.8) is 0 Å². The molecule has 0 fully saturated rings. The van der Waals surface area contributed by atoms with Crippen LogP contribution in [-0.4, -0.2) is 29.2 Å². The van der Waals surface area contributed by atoms with Crippen LogP contribution in [-0.2, 0) is 9.59 Å². The van der Waals surface area contributed by atoms with E-state index in [1.807, 2.05) is 13.8 Å². The van der Waals surface area contributed by atoms with Gasteiger partial charge in [0.05, 0.1) is 6.04 Å². The molecule has 0 aromatic carbocycles. The van der Waals surface area contributed by atoms with E-state index >= 15 is 0 Å². The van der Waals surface area contributed by atoms with Crippen molar-refractivity contribution >= 4 is 11.7 Å². The van der Waals surface area contributed by atoms with Gasteiger partial charge in [-0.25, -0.2) is 0 Å². The number of Topliss-reactive ketones (excluding diaryl/α,β-unsaturated/α-hetero) is 1. The maximum absolute atomic E-state index is 11.1. The summed E-state index contributed by atoms with van der Waals surface area (Å²) in [6.45, 7) is 7.42. The van der Waals surface area contributed by atoms with Crippen molar-refractivity contribution in [2.24, 2.45) is 0 Å². The maximum atomic E-state index is 11.1. The van der Waals surface area contributed by atoms with Crippen LogP contribution in [0.2, 0.25) is 0 Å². The standard InChI is InChI=1S/C9H17NO2/c1-5-9(7(3)11)10(6-2)8(4)12/h9H,5-6H2,1-4H3. The lowest BCUT2D eigenvalue weighted by Crippen LogP contribution is -2.42. The lowest BCUT2D eigenvalue weighted by atomic mass is 10.1. The predicted molar refractivity (Wildman–Crippen MR) is 47.8 cm³/mol. The molecule has 0 saturated heterocycles. The molecule has 12 heavy (non-hydrogen) atoms. The highest BCUT2D eigenvalue weighted by molar-refractivity contribution is 5.86. The van der Waals surface area contributed by atoms with Crippen LogP contribution in [0.3, 0.4) is 0 Å². The van der Waals surface area contributed by atoms with Crippen molar-refractivity contribution in [3.05, 3.63) is 0 Å². The van der Waals surface area contributed by atoms with E-state index in [-0.39, 0.29) is 17.7 Å². The van der Waals surface area contributed by atoms with Crippen molar-refractivity contribution in [1.29, 1.82) is 0 Å². The van der Waals surface area contributed by atoms with Crippen LogP contribution in [0.5, 0.6) is 0 Å². The van der Waals surface area contributed by atoms with E-state index < -0.39 is 0 Å². The third-order valence-corrected chi connectivity index (χ3v) is 1.98. The zero-order valence-electron chi connectivity index (χ0n) is 8.26. The molecular weight excluding hydrogens is 154 g/mol. The minimum atomic E-state index is -0.229. The van der Waals surface area contributed by atoms with Crippen molar-refractivity contribution in [2.45, 2.75) is 40.2 Å². The summed E-state index contributed by atoms with van der Waals surface area (Å²) in [4.78, 5) is 23.7. The van der Waals surface area contributed by atoms with Crippen molar-refractivity contribution < 1.29 is 9.59 Å². The van der Waals surface area contributed by atoms with E-state index in [4.69, 9.17) is 0 Å². The van der Waals surface area contributed by atoms with Crippen LogP contribution in [0, 0.1) is 0 Å². The lowest BCUT2D eigenvalue weighted by molar-refractivity contribution is -0.137. The Morgan fingerprint density at radius 3 is 1.83 bits per heavy atom. The Balaban J connectivity index is 4.44. The first kappa shape index (κ1) is 11.1. The summed E-state index contributed by atoms with van der Waals surface area (Å²) in [5.41, 5.74) is 0. The van der Waals surface area contributed by atoms with E-state index in [9.17, 15) is 9.59 Å². The summed E-state index contributed by atoms with van der Waals surface area (Å²) in [6, 6.07) is -0.229. The van der Waals surface area contributed by atoms with Gasteiger partial charge in [0.2, 0.25) is 5.91 Å². The van der Waals surface area contributed by atoms with Gasteiger partial charge in [0, 0.05) is 13.5 Å². The fraction of sp³-hybridized carbons (Fsp3) is 0.778. The van der Waals surface area contributed by atoms with Crippen LogP contribution in [0.4, 0.5) is 0 Å². The van der Waals surface area contributed by atoms with Gasteiger partial charge in [0.1, 0.15) is 0 Å². The predicted octanol–water partition coefficient (Wildman–Crippen LogP) is 1.22. The third kappa shape index (κ3) is 2.64. The molecule has 1 atom stereocenters. The van der Waals surface area contributed by atoms with Gasteiger partial charge in [0.25, 0.3) is 0 Å². The summed E-state index contributed by atoms with van der Waals surface area (Å²) >= 11 is 0. The highest BCUT2D eigenvalue weighted by Gasteiger charge is 2.21. The van der Waals surface area contributed by atoms with E-state index in [2.05, 4.69) is 0 Å². The number of ketones is 1. The smallest absolute Gasteiger partial charge is 0.220 e. The van der Waals surface area contributed by atoms with Crippen LogP contribution < -0.4 is 0 Å². The van der Waals surface area contributed by atoms with E-state index in [0.29, 0.717) is 13.0 Å². The molecule has 0 saturated carbocycles. The van der Waals surface area contributed by atoms with Gasteiger partial charge in [-0.1, -0.05) is 6.92 Å². The van der Waals surface area contributed by atoms with Gasteiger partial charge in [-0.2, -0.15) is 0 Å². The summed E-state index contributed by atoms with van der Waals surface area (Å²) in [5, 5.41) is 0. The largest absolute Gasteiger partial charge is 0.333 e. The molecule has 0 aromatic heterocycles. The minimum absolute atomic E-state index is 0.0282. The molecule has 0 aliphatic heterocycles. The lowest BCUT2D eigenvalue weighted by Gasteiger charge is -2.26. The molecule has 3 heteroatoms. The van der Waals surface area contributed by atoms with E-state index in [1.54, 1.807) is 4.90 Å². The van der Waals surface area contributed by atoms with E-state index in [0.717, 1.165) is 0 Å². The Kier molecular flexibility index (Phi) is 4.55. The second kappa shape index (κ2) is 4.91. The van der Waals surface area contributed by atoms with Crippen LogP contribution in [0.1, 0.15) is 34.1 Å². The van der Waals surface area contributed by atoms with Gasteiger partial charge in [-0.15, -0.1) is 0 Å². The number of amides is 1. The zero-order chi connectivity index (χ0) is 9.72. The Morgan fingerprint density at radius 1 is 1.25 bits per heavy atom. The van der Waals surface area contributed by atoms with E-state index in [1.165, 1.54) is 13.8 Å². The minimum Gasteiger partial charge on any atom is -0.333 e. The number of carbonyl (C=O) groups is 2. The molecule has 70 valence electrons. The highest BCUT2D eigenvalue weighted by atomic mass is 16.2. The summed E-state index contributed by atoms with van der Waals surface area (Å²) < 4.78 is 0. The quantitative estimate of drug-likeness (QED) is 0.637. The molecule has 3 nitrogen and oxygen atoms in total. The molecule has 0 rings (SSSR count). The van der Waals surface area contributed by atoms with Crippen LogP contribution >= 0.6 is 0 Å². The van der Waals surface area contributed by atoms with Crippen molar-refractivity contribution in [1.82, 2.24) is 4.90 Å². The number of likely N-dealkylation sites (N-methyl/N-ethyl adjacent to an activating group) is 1. The summed E-state index contributed by atoms with van der Waals surface area (Å²) in [6.07, 6.45) is 0.697. The van der Waals surface area contributed by atoms with Gasteiger partial charge in [-0.05, 0) is 20.3 Å². The molecule has 1 amide bonds. The zero-order valence-corrected chi connectivity index (χ0v) is 8.26. The molecule has 0 aliphatic carbocycles. The topological polar surface area (TPSA) is 37.4 Å². The molecule has 0 aromatic rings. The van der Waals surface area contributed by atoms with Gasteiger partial charge < -0.3 is 4.90 Å². The summed E-state index contributed by atoms with van der Waals surface area (Å²) in [5.74, 6) is 0.0362. The molecule has 0 heterocycles. The molecule has 0 spiro atoms. The van der Waals surface area contributed by atoms with Gasteiger partial charge in [-0.3, -0.25) is 9.59 Å². The summed E-state index contributed by atoms with van der Waals surface area (Å²) in [7, 11) is 0. The fourth-order valence-electron chi connectivity index (χ4n) is 1.39. The highest BCUT2D eigenvalue weighted by Crippen LogP contribution is 2.05. The third-order valence-electron chi connectivity index (χ3n) is 1.98. The molecule has 0 N–H and O–H groups in total. The van der Waals surface area contributed by atoms with Gasteiger partial charge >= 0.3 is 0 Å². The van der Waals surface area contributed by atoms with Crippen LogP contribution in [0.15, 0.2) is 0 Å². The molecule has 1 unspecified atom stereocenters. The maximum Gasteiger partial charge on any atom is 0.220 e. The van der Waals surface area contributed by atoms with Gasteiger partial charge in [0.15, 0.2) is 5.78 Å².